The zero-order valence-corrected chi connectivity index (χ0v) is 14.9. The molecule has 110 valence electrons. The summed E-state index contributed by atoms with van der Waals surface area (Å²) in [5.41, 5.74) is 1.36. The second-order valence-electron chi connectivity index (χ2n) is 5.79. The molecule has 0 aliphatic rings. The van der Waals surface area contributed by atoms with Gasteiger partial charge in [-0.15, -0.1) is 0 Å². The Labute approximate surface area is 124 Å². The number of benzene rings is 1. The minimum Gasteiger partial charge on any atom is -0.462 e. The molecule has 1 rings (SSSR count). The van der Waals surface area contributed by atoms with Gasteiger partial charge in [-0.3, -0.25) is 0 Å². The Balaban J connectivity index is 2.84. The first-order valence-corrected chi connectivity index (χ1v) is 12.6. The van der Waals surface area contributed by atoms with E-state index in [1.165, 1.54) is 11.6 Å². The van der Waals surface area contributed by atoms with Crippen molar-refractivity contribution in [3.63, 3.8) is 0 Å². The Kier molecular flexibility index (Phi) is 6.38. The minimum atomic E-state index is -1.58. The van der Waals surface area contributed by atoms with E-state index < -0.39 is 17.4 Å². The average Bonchev–Trinajstić information content (AvgIpc) is 2.37. The van der Waals surface area contributed by atoms with Gasteiger partial charge in [0.05, 0.1) is 6.61 Å². The third-order valence-electron chi connectivity index (χ3n) is 2.91. The predicted octanol–water partition coefficient (Wildman–Crippen LogP) is 3.24. The lowest BCUT2D eigenvalue weighted by Gasteiger charge is -2.29. The van der Waals surface area contributed by atoms with Crippen molar-refractivity contribution in [3.05, 3.63) is 48.6 Å². The molecule has 1 aromatic rings. The number of esters is 1. The maximum atomic E-state index is 11.3. The first-order chi connectivity index (χ1) is 9.33. The van der Waals surface area contributed by atoms with E-state index in [2.05, 4.69) is 44.9 Å². The van der Waals surface area contributed by atoms with Crippen LogP contribution in [0.2, 0.25) is 26.2 Å². The maximum absolute atomic E-state index is 11.3. The van der Waals surface area contributed by atoms with Crippen molar-refractivity contribution in [1.29, 1.82) is 0 Å². The summed E-state index contributed by atoms with van der Waals surface area (Å²) in [6.45, 7) is 12.5. The lowest BCUT2D eigenvalue weighted by Crippen LogP contribution is -2.38. The summed E-state index contributed by atoms with van der Waals surface area (Å²) >= 11 is 0. The van der Waals surface area contributed by atoms with Crippen molar-refractivity contribution in [2.75, 3.05) is 6.61 Å². The summed E-state index contributed by atoms with van der Waals surface area (Å²) < 4.78 is 11.5. The van der Waals surface area contributed by atoms with E-state index in [0.29, 0.717) is 6.61 Å². The van der Waals surface area contributed by atoms with E-state index >= 15 is 0 Å². The van der Waals surface area contributed by atoms with Gasteiger partial charge in [0.2, 0.25) is 0 Å². The van der Waals surface area contributed by atoms with Gasteiger partial charge >= 0.3 is 5.97 Å². The van der Waals surface area contributed by atoms with Crippen LogP contribution in [0.3, 0.4) is 0 Å². The third-order valence-corrected chi connectivity index (χ3v) is 8.93. The molecular formula is C15H24O3Si2. The third kappa shape index (κ3) is 5.85. The molecule has 1 aromatic carbocycles. The molecule has 0 aromatic heterocycles. The fourth-order valence-electron chi connectivity index (χ4n) is 2.07. The molecule has 0 saturated heterocycles. The van der Waals surface area contributed by atoms with Crippen LogP contribution in [0.15, 0.2) is 43.0 Å². The van der Waals surface area contributed by atoms with E-state index in [4.69, 9.17) is 8.85 Å². The quantitative estimate of drug-likeness (QED) is 0.441. The molecule has 0 bridgehead atoms. The van der Waals surface area contributed by atoms with Crippen molar-refractivity contribution in [2.45, 2.75) is 31.7 Å². The predicted molar refractivity (Wildman–Crippen MR) is 87.8 cm³/mol. The van der Waals surface area contributed by atoms with Crippen LogP contribution in [0.5, 0.6) is 0 Å². The first-order valence-electron chi connectivity index (χ1n) is 6.85. The molecule has 2 atom stereocenters. The summed E-state index contributed by atoms with van der Waals surface area (Å²) in [6, 6.07) is 10.1. The van der Waals surface area contributed by atoms with Gasteiger partial charge in [-0.2, -0.15) is 0 Å². The molecular weight excluding hydrogens is 284 g/mol. The monoisotopic (exact) mass is 308 g/mol. The molecule has 20 heavy (non-hydrogen) atoms. The van der Waals surface area contributed by atoms with Crippen molar-refractivity contribution < 1.29 is 13.6 Å². The van der Waals surface area contributed by atoms with Gasteiger partial charge in [0.1, 0.15) is 0 Å². The van der Waals surface area contributed by atoms with Crippen molar-refractivity contribution >= 4 is 23.3 Å². The molecule has 5 heteroatoms. The topological polar surface area (TPSA) is 35.5 Å². The van der Waals surface area contributed by atoms with Crippen molar-refractivity contribution in [3.8, 4) is 0 Å². The summed E-state index contributed by atoms with van der Waals surface area (Å²) in [6.07, 6.45) is 1.20. The molecule has 0 spiro atoms. The highest BCUT2D eigenvalue weighted by Crippen LogP contribution is 2.22. The molecule has 0 heterocycles. The Morgan fingerprint density at radius 3 is 2.45 bits per heavy atom. The number of hydrogen-bond acceptors (Lipinski definition) is 3. The Morgan fingerprint density at radius 2 is 1.95 bits per heavy atom. The van der Waals surface area contributed by atoms with Crippen LogP contribution in [0.4, 0.5) is 0 Å². The van der Waals surface area contributed by atoms with Gasteiger partial charge in [0.25, 0.3) is 0 Å². The highest BCUT2D eigenvalue weighted by Gasteiger charge is 2.28. The van der Waals surface area contributed by atoms with E-state index in [0.717, 1.165) is 0 Å². The zero-order chi connectivity index (χ0) is 15.2. The summed E-state index contributed by atoms with van der Waals surface area (Å²) in [7, 11) is -3.07. The van der Waals surface area contributed by atoms with E-state index in [1.807, 2.05) is 18.2 Å². The number of rotatable bonds is 7. The highest BCUT2D eigenvalue weighted by molar-refractivity contribution is 6.77. The molecule has 0 N–H and O–H groups in total. The summed E-state index contributed by atoms with van der Waals surface area (Å²) in [4.78, 5) is 11.3. The lowest BCUT2D eigenvalue weighted by atomic mass is 10.1. The molecule has 3 nitrogen and oxygen atoms in total. The second-order valence-corrected chi connectivity index (χ2v) is 13.2. The second kappa shape index (κ2) is 7.56. The normalized spacial score (nSPS) is 14.4. The molecule has 0 radical (unpaired) electrons. The molecule has 0 aliphatic heterocycles. The van der Waals surface area contributed by atoms with Gasteiger partial charge in [-0.05, 0) is 31.8 Å². The SMILES string of the molecule is C=CC(=O)OCC(c1ccccc1)[SiH](C)O[Si](C)(C)C. The summed E-state index contributed by atoms with van der Waals surface area (Å²) in [5.74, 6) is -0.375. The molecule has 0 fully saturated rings. The van der Waals surface area contributed by atoms with Gasteiger partial charge < -0.3 is 8.85 Å². The van der Waals surface area contributed by atoms with Gasteiger partial charge in [-0.1, -0.05) is 36.9 Å². The van der Waals surface area contributed by atoms with E-state index in [9.17, 15) is 4.79 Å². The van der Waals surface area contributed by atoms with Crippen molar-refractivity contribution in [1.82, 2.24) is 0 Å². The van der Waals surface area contributed by atoms with Gasteiger partial charge in [0, 0.05) is 11.6 Å². The van der Waals surface area contributed by atoms with Crippen LogP contribution in [-0.4, -0.2) is 29.9 Å². The highest BCUT2D eigenvalue weighted by atomic mass is 28.4. The average molecular weight is 309 g/mol. The lowest BCUT2D eigenvalue weighted by molar-refractivity contribution is -0.137. The largest absolute Gasteiger partial charge is 0.462 e. The Bertz CT molecular complexity index is 440. The fourth-order valence-corrected chi connectivity index (χ4v) is 8.32. The zero-order valence-electron chi connectivity index (χ0n) is 12.8. The number of carbonyl (C=O) groups excluding carboxylic acids is 1. The molecule has 0 saturated carbocycles. The maximum Gasteiger partial charge on any atom is 0.330 e. The van der Waals surface area contributed by atoms with Crippen LogP contribution in [0.1, 0.15) is 11.1 Å². The van der Waals surface area contributed by atoms with Crippen LogP contribution in [0, 0.1) is 0 Å². The van der Waals surface area contributed by atoms with Crippen molar-refractivity contribution in [2.24, 2.45) is 0 Å². The van der Waals surface area contributed by atoms with Crippen LogP contribution < -0.4 is 0 Å². The standard InChI is InChI=1S/C15H24O3Si2/c1-6-15(16)17-12-14(13-10-8-7-9-11-13)19(2)18-20(3,4)5/h6-11,14,19H,1,12H2,2-5H3. The number of hydrogen-bond donors (Lipinski definition) is 0. The minimum absolute atomic E-state index is 0.173. The first kappa shape index (κ1) is 16.9. The van der Waals surface area contributed by atoms with E-state index in [-0.39, 0.29) is 11.5 Å². The van der Waals surface area contributed by atoms with E-state index in [1.54, 1.807) is 0 Å². The van der Waals surface area contributed by atoms with Gasteiger partial charge in [0.15, 0.2) is 17.4 Å². The Morgan fingerprint density at radius 1 is 1.35 bits per heavy atom. The summed E-state index contributed by atoms with van der Waals surface area (Å²) in [5, 5.41) is 0. The molecule has 0 aliphatic carbocycles. The fraction of sp³-hybridized carbons (Fsp3) is 0.400. The molecule has 2 unspecified atom stereocenters. The molecule has 0 amide bonds. The number of carbonyl (C=O) groups is 1. The number of ether oxygens (including phenoxy) is 1. The van der Waals surface area contributed by atoms with Crippen LogP contribution in [-0.2, 0) is 13.6 Å². The smallest absolute Gasteiger partial charge is 0.330 e. The van der Waals surface area contributed by atoms with Crippen LogP contribution >= 0.6 is 0 Å². The van der Waals surface area contributed by atoms with Gasteiger partial charge in [-0.25, -0.2) is 4.79 Å². The van der Waals surface area contributed by atoms with Crippen LogP contribution in [0.25, 0.3) is 0 Å². The Hall–Kier alpha value is -1.18.